The molecule has 0 saturated carbocycles. The minimum Gasteiger partial charge on any atom is -0.468 e. The standard InChI is InChI=1S/C19H19FN2O4/c1-26-18(24)12-21-19(25)14-6-8-16(9-7-14)22-17(23)10-5-13-3-2-4-15(20)11-13/h2-4,6-9,11H,5,10,12H2,1H3,(H,21,25)(H,22,23). The minimum atomic E-state index is -0.541. The largest absolute Gasteiger partial charge is 0.468 e. The van der Waals surface area contributed by atoms with Gasteiger partial charge in [0.05, 0.1) is 7.11 Å². The zero-order valence-corrected chi connectivity index (χ0v) is 14.3. The summed E-state index contributed by atoms with van der Waals surface area (Å²) in [5, 5.41) is 5.14. The van der Waals surface area contributed by atoms with Gasteiger partial charge < -0.3 is 15.4 Å². The highest BCUT2D eigenvalue weighted by molar-refractivity contribution is 5.97. The third-order valence-electron chi connectivity index (χ3n) is 3.58. The second kappa shape index (κ2) is 9.31. The third-order valence-corrected chi connectivity index (χ3v) is 3.58. The Morgan fingerprint density at radius 1 is 1.08 bits per heavy atom. The predicted molar refractivity (Wildman–Crippen MR) is 94.1 cm³/mol. The van der Waals surface area contributed by atoms with Crippen molar-refractivity contribution in [3.05, 3.63) is 65.5 Å². The van der Waals surface area contributed by atoms with Gasteiger partial charge in [-0.25, -0.2) is 4.39 Å². The van der Waals surface area contributed by atoms with Crippen molar-refractivity contribution >= 4 is 23.5 Å². The number of hydrogen-bond donors (Lipinski definition) is 2. The summed E-state index contributed by atoms with van der Waals surface area (Å²) in [6.07, 6.45) is 0.641. The number of halogens is 1. The maximum atomic E-state index is 13.1. The van der Waals surface area contributed by atoms with Crippen molar-refractivity contribution < 1.29 is 23.5 Å². The van der Waals surface area contributed by atoms with Crippen LogP contribution in [0.15, 0.2) is 48.5 Å². The van der Waals surface area contributed by atoms with E-state index < -0.39 is 11.9 Å². The lowest BCUT2D eigenvalue weighted by atomic mass is 10.1. The van der Waals surface area contributed by atoms with E-state index in [1.807, 2.05) is 0 Å². The Hall–Kier alpha value is -3.22. The van der Waals surface area contributed by atoms with E-state index in [2.05, 4.69) is 15.4 Å². The topological polar surface area (TPSA) is 84.5 Å². The Kier molecular flexibility index (Phi) is 6.84. The van der Waals surface area contributed by atoms with Crippen molar-refractivity contribution in [2.75, 3.05) is 19.0 Å². The van der Waals surface area contributed by atoms with Crippen molar-refractivity contribution in [1.82, 2.24) is 5.32 Å². The molecule has 6 nitrogen and oxygen atoms in total. The molecule has 0 spiro atoms. The third kappa shape index (κ3) is 6.01. The van der Waals surface area contributed by atoms with Gasteiger partial charge in [0.1, 0.15) is 12.4 Å². The van der Waals surface area contributed by atoms with Crippen LogP contribution in [0, 0.1) is 5.82 Å². The number of amides is 2. The zero-order chi connectivity index (χ0) is 18.9. The van der Waals surface area contributed by atoms with Crippen LogP contribution in [0.2, 0.25) is 0 Å². The van der Waals surface area contributed by atoms with Crippen molar-refractivity contribution in [2.45, 2.75) is 12.8 Å². The molecule has 2 N–H and O–H groups in total. The van der Waals surface area contributed by atoms with E-state index in [1.165, 1.54) is 31.4 Å². The molecule has 0 aliphatic rings. The van der Waals surface area contributed by atoms with Crippen molar-refractivity contribution in [2.24, 2.45) is 0 Å². The lowest BCUT2D eigenvalue weighted by molar-refractivity contribution is -0.139. The number of nitrogens with one attached hydrogen (secondary N) is 2. The number of methoxy groups -OCH3 is 1. The number of aryl methyl sites for hydroxylation is 1. The molecule has 2 aromatic carbocycles. The van der Waals surface area contributed by atoms with Gasteiger partial charge in [-0.3, -0.25) is 14.4 Å². The molecule has 0 aromatic heterocycles. The second-order valence-corrected chi connectivity index (χ2v) is 5.51. The molecule has 136 valence electrons. The van der Waals surface area contributed by atoms with Crippen LogP contribution in [0.25, 0.3) is 0 Å². The van der Waals surface area contributed by atoms with E-state index in [4.69, 9.17) is 0 Å². The summed E-state index contributed by atoms with van der Waals surface area (Å²) in [7, 11) is 1.24. The van der Waals surface area contributed by atoms with Crippen LogP contribution in [0.4, 0.5) is 10.1 Å². The SMILES string of the molecule is COC(=O)CNC(=O)c1ccc(NC(=O)CCc2cccc(F)c2)cc1. The average molecular weight is 358 g/mol. The van der Waals surface area contributed by atoms with Gasteiger partial charge in [0, 0.05) is 17.7 Å². The first-order valence-corrected chi connectivity index (χ1v) is 7.97. The molecule has 0 heterocycles. The van der Waals surface area contributed by atoms with Gasteiger partial charge in [0.25, 0.3) is 5.91 Å². The molecule has 0 bridgehead atoms. The number of hydrogen-bond acceptors (Lipinski definition) is 4. The van der Waals surface area contributed by atoms with Gasteiger partial charge in [-0.15, -0.1) is 0 Å². The quantitative estimate of drug-likeness (QED) is 0.744. The second-order valence-electron chi connectivity index (χ2n) is 5.51. The summed E-state index contributed by atoms with van der Waals surface area (Å²) in [5.74, 6) is -1.50. The predicted octanol–water partition coefficient (Wildman–Crippen LogP) is 2.30. The molecular formula is C19H19FN2O4. The molecule has 0 fully saturated rings. The molecule has 26 heavy (non-hydrogen) atoms. The molecule has 7 heteroatoms. The van der Waals surface area contributed by atoms with Gasteiger partial charge in [-0.2, -0.15) is 0 Å². The first-order valence-electron chi connectivity index (χ1n) is 7.97. The van der Waals surface area contributed by atoms with Crippen LogP contribution in [0.5, 0.6) is 0 Å². The lowest BCUT2D eigenvalue weighted by Gasteiger charge is -2.07. The average Bonchev–Trinajstić information content (AvgIpc) is 2.65. The summed E-state index contributed by atoms with van der Waals surface area (Å²) in [6.45, 7) is -0.214. The number of carbonyl (C=O) groups is 3. The number of ether oxygens (including phenoxy) is 1. The number of esters is 1. The van der Waals surface area contributed by atoms with Crippen LogP contribution < -0.4 is 10.6 Å². The number of benzene rings is 2. The van der Waals surface area contributed by atoms with Crippen LogP contribution in [-0.4, -0.2) is 31.4 Å². The van der Waals surface area contributed by atoms with Crippen LogP contribution >= 0.6 is 0 Å². The Labute approximate surface area is 150 Å². The minimum absolute atomic E-state index is 0.211. The summed E-state index contributed by atoms with van der Waals surface area (Å²) in [5.41, 5.74) is 1.64. The number of carbonyl (C=O) groups excluding carboxylic acids is 3. The van der Waals surface area contributed by atoms with Crippen molar-refractivity contribution in [1.29, 1.82) is 0 Å². The fourth-order valence-corrected chi connectivity index (χ4v) is 2.21. The highest BCUT2D eigenvalue weighted by Gasteiger charge is 2.09. The molecule has 2 amide bonds. The Morgan fingerprint density at radius 2 is 1.81 bits per heavy atom. The number of anilines is 1. The van der Waals surface area contributed by atoms with Gasteiger partial charge in [-0.1, -0.05) is 12.1 Å². The van der Waals surface area contributed by atoms with Gasteiger partial charge in [0.15, 0.2) is 0 Å². The summed E-state index contributed by atoms with van der Waals surface area (Å²) in [6, 6.07) is 12.4. The molecule has 0 saturated heterocycles. The van der Waals surface area contributed by atoms with Crippen molar-refractivity contribution in [3.63, 3.8) is 0 Å². The van der Waals surface area contributed by atoms with Gasteiger partial charge >= 0.3 is 5.97 Å². The van der Waals surface area contributed by atoms with E-state index in [0.717, 1.165) is 5.56 Å². The van der Waals surface area contributed by atoms with Gasteiger partial charge in [0.2, 0.25) is 5.91 Å². The zero-order valence-electron chi connectivity index (χ0n) is 14.3. The highest BCUT2D eigenvalue weighted by Crippen LogP contribution is 2.11. The van der Waals surface area contributed by atoms with E-state index in [0.29, 0.717) is 17.7 Å². The normalized spacial score (nSPS) is 10.1. The van der Waals surface area contributed by atoms with Gasteiger partial charge in [-0.05, 0) is 48.4 Å². The van der Waals surface area contributed by atoms with E-state index >= 15 is 0 Å². The fraction of sp³-hybridized carbons (Fsp3) is 0.211. The molecule has 0 aliphatic heterocycles. The number of rotatable bonds is 7. The molecule has 0 unspecified atom stereocenters. The maximum absolute atomic E-state index is 13.1. The first-order chi connectivity index (χ1) is 12.5. The Balaban J connectivity index is 1.83. The van der Waals surface area contributed by atoms with Crippen molar-refractivity contribution in [3.8, 4) is 0 Å². The van der Waals surface area contributed by atoms with Crippen LogP contribution in [0.1, 0.15) is 22.3 Å². The maximum Gasteiger partial charge on any atom is 0.325 e. The first kappa shape index (κ1) is 19.1. The molecule has 2 aromatic rings. The molecule has 2 rings (SSSR count). The molecule has 0 aliphatic carbocycles. The fourth-order valence-electron chi connectivity index (χ4n) is 2.21. The highest BCUT2D eigenvalue weighted by atomic mass is 19.1. The van der Waals surface area contributed by atoms with E-state index in [-0.39, 0.29) is 24.7 Å². The summed E-state index contributed by atoms with van der Waals surface area (Å²) < 4.78 is 17.5. The lowest BCUT2D eigenvalue weighted by Crippen LogP contribution is -2.30. The van der Waals surface area contributed by atoms with Crippen LogP contribution in [-0.2, 0) is 20.7 Å². The van der Waals surface area contributed by atoms with E-state index in [9.17, 15) is 18.8 Å². The molecule has 0 atom stereocenters. The Morgan fingerprint density at radius 3 is 2.46 bits per heavy atom. The van der Waals surface area contributed by atoms with E-state index in [1.54, 1.807) is 24.3 Å². The monoisotopic (exact) mass is 358 g/mol. The summed E-state index contributed by atoms with van der Waals surface area (Å²) >= 11 is 0. The smallest absolute Gasteiger partial charge is 0.325 e. The summed E-state index contributed by atoms with van der Waals surface area (Å²) in [4.78, 5) is 34.8. The molecular weight excluding hydrogens is 339 g/mol. The Bertz CT molecular complexity index is 790. The molecule has 0 radical (unpaired) electrons. The van der Waals surface area contributed by atoms with Crippen LogP contribution in [0.3, 0.4) is 0 Å².